The molecule has 2 aromatic carbocycles. The lowest BCUT2D eigenvalue weighted by atomic mass is 10.00. The number of aromatic hydroxyl groups is 1. The number of fused-ring (bicyclic) bond motifs is 1. The van der Waals surface area contributed by atoms with Crippen LogP contribution in [0.15, 0.2) is 54.7 Å². The molecule has 0 spiro atoms. The summed E-state index contributed by atoms with van der Waals surface area (Å²) in [7, 11) is 0. The molecule has 0 saturated carbocycles. The van der Waals surface area contributed by atoms with Crippen molar-refractivity contribution < 1.29 is 29.4 Å². The lowest BCUT2D eigenvalue weighted by Gasteiger charge is -2.26. The Balaban J connectivity index is 1.78. The number of nitrogens with one attached hydrogen (secondary N) is 4. The first-order valence-electron chi connectivity index (χ1n) is 14.2. The number of phenols is 1. The minimum atomic E-state index is -1.15. The average Bonchev–Trinajstić information content (AvgIpc) is 3.37. The van der Waals surface area contributed by atoms with Crippen molar-refractivity contribution in [2.75, 3.05) is 12.0 Å². The number of aromatic amines is 1. The van der Waals surface area contributed by atoms with E-state index in [2.05, 4.69) is 20.9 Å². The zero-order valence-electron chi connectivity index (χ0n) is 24.6. The van der Waals surface area contributed by atoms with Crippen molar-refractivity contribution in [3.63, 3.8) is 0 Å². The summed E-state index contributed by atoms with van der Waals surface area (Å²) in [6.45, 7) is 3.77. The minimum Gasteiger partial charge on any atom is -0.508 e. The summed E-state index contributed by atoms with van der Waals surface area (Å²) in [5.74, 6) is -2.33. The number of carbonyl (C=O) groups is 4. The fourth-order valence-electron chi connectivity index (χ4n) is 4.73. The van der Waals surface area contributed by atoms with Crippen LogP contribution in [0.3, 0.4) is 0 Å². The molecular formula is C31H41N5O6S. The number of H-pyrrole nitrogens is 1. The molecule has 4 unspecified atom stereocenters. The van der Waals surface area contributed by atoms with E-state index >= 15 is 0 Å². The van der Waals surface area contributed by atoms with Gasteiger partial charge in [-0.15, -0.1) is 0 Å². The molecule has 0 radical (unpaired) electrons. The lowest BCUT2D eigenvalue weighted by Crippen LogP contribution is -2.58. The Labute approximate surface area is 255 Å². The molecule has 43 heavy (non-hydrogen) atoms. The van der Waals surface area contributed by atoms with E-state index in [0.717, 1.165) is 16.5 Å². The molecule has 0 aliphatic rings. The Morgan fingerprint density at radius 2 is 1.51 bits per heavy atom. The number of nitrogens with two attached hydrogens (primary N) is 1. The third kappa shape index (κ3) is 10.0. The summed E-state index contributed by atoms with van der Waals surface area (Å²) in [6.07, 6.45) is 4.44. The first-order valence-corrected chi connectivity index (χ1v) is 15.6. The largest absolute Gasteiger partial charge is 0.508 e. The summed E-state index contributed by atoms with van der Waals surface area (Å²) in [6, 6.07) is 9.70. The molecule has 12 heteroatoms. The Hall–Kier alpha value is -4.03. The Morgan fingerprint density at radius 3 is 2.16 bits per heavy atom. The normalized spacial score (nSPS) is 14.1. The molecule has 1 heterocycles. The molecule has 0 aliphatic carbocycles. The van der Waals surface area contributed by atoms with Crippen molar-refractivity contribution in [2.24, 2.45) is 11.7 Å². The van der Waals surface area contributed by atoms with Crippen LogP contribution in [0.5, 0.6) is 5.75 Å². The van der Waals surface area contributed by atoms with Crippen molar-refractivity contribution in [3.8, 4) is 5.75 Å². The van der Waals surface area contributed by atoms with E-state index < -0.39 is 47.9 Å². The molecule has 11 nitrogen and oxygen atoms in total. The number of aliphatic carboxylic acids is 1. The van der Waals surface area contributed by atoms with Crippen LogP contribution in [-0.4, -0.2) is 75.1 Å². The highest BCUT2D eigenvalue weighted by atomic mass is 32.2. The number of carboxylic acid groups (broad SMARTS) is 1. The molecule has 0 aliphatic heterocycles. The second-order valence-corrected chi connectivity index (χ2v) is 12.0. The maximum absolute atomic E-state index is 13.6. The van der Waals surface area contributed by atoms with E-state index in [1.165, 1.54) is 23.9 Å². The summed E-state index contributed by atoms with van der Waals surface area (Å²) >= 11 is 1.47. The number of carboxylic acids is 1. The molecule has 3 aromatic rings. The number of carbonyl (C=O) groups excluding carboxylic acids is 3. The quantitative estimate of drug-likeness (QED) is 0.129. The van der Waals surface area contributed by atoms with E-state index in [1.54, 1.807) is 18.3 Å². The van der Waals surface area contributed by atoms with E-state index in [-0.39, 0.29) is 37.4 Å². The van der Waals surface area contributed by atoms with Gasteiger partial charge in [-0.05, 0) is 66.5 Å². The highest BCUT2D eigenvalue weighted by molar-refractivity contribution is 7.98. The van der Waals surface area contributed by atoms with Crippen LogP contribution >= 0.6 is 11.8 Å². The fourth-order valence-corrected chi connectivity index (χ4v) is 5.20. The fraction of sp³-hybridized carbons (Fsp3) is 0.419. The van der Waals surface area contributed by atoms with Gasteiger partial charge in [-0.2, -0.15) is 11.8 Å². The number of hydrogen-bond acceptors (Lipinski definition) is 7. The van der Waals surface area contributed by atoms with E-state index in [1.807, 2.05) is 44.4 Å². The second-order valence-electron chi connectivity index (χ2n) is 11.0. The van der Waals surface area contributed by atoms with Crippen molar-refractivity contribution in [3.05, 3.63) is 65.9 Å². The number of benzene rings is 2. The van der Waals surface area contributed by atoms with Crippen LogP contribution in [0.25, 0.3) is 10.9 Å². The van der Waals surface area contributed by atoms with Crippen LogP contribution in [-0.2, 0) is 32.0 Å². The number of amides is 3. The molecule has 232 valence electrons. The maximum atomic E-state index is 13.6. The summed E-state index contributed by atoms with van der Waals surface area (Å²) in [5.41, 5.74) is 8.73. The number of hydrogen-bond donors (Lipinski definition) is 7. The molecule has 8 N–H and O–H groups in total. The number of phenolic OH excluding ortho intramolecular Hbond substituents is 1. The topological polar surface area (TPSA) is 187 Å². The summed E-state index contributed by atoms with van der Waals surface area (Å²) in [4.78, 5) is 55.0. The monoisotopic (exact) mass is 611 g/mol. The molecule has 3 amide bonds. The third-order valence-electron chi connectivity index (χ3n) is 7.03. The molecular weight excluding hydrogens is 570 g/mol. The predicted molar refractivity (Wildman–Crippen MR) is 168 cm³/mol. The molecule has 0 fully saturated rings. The lowest BCUT2D eigenvalue weighted by molar-refractivity contribution is -0.142. The van der Waals surface area contributed by atoms with E-state index in [0.29, 0.717) is 11.3 Å². The van der Waals surface area contributed by atoms with Crippen molar-refractivity contribution in [2.45, 2.75) is 63.7 Å². The Kier molecular flexibility index (Phi) is 12.4. The Bertz CT molecular complexity index is 1390. The van der Waals surface area contributed by atoms with Gasteiger partial charge in [-0.25, -0.2) is 4.79 Å². The molecule has 0 saturated heterocycles. The van der Waals surface area contributed by atoms with Gasteiger partial charge in [0.1, 0.15) is 23.9 Å². The highest BCUT2D eigenvalue weighted by Crippen LogP contribution is 2.19. The van der Waals surface area contributed by atoms with Crippen molar-refractivity contribution in [1.82, 2.24) is 20.9 Å². The SMILES string of the molecule is CSCCC(NC(=O)C(CC(C)C)NC(=O)C(Cc1ccc(O)cc1)NC(=O)C(N)Cc1c[nH]c2ccccc12)C(=O)O. The predicted octanol–water partition coefficient (Wildman–Crippen LogP) is 2.32. The zero-order chi connectivity index (χ0) is 31.5. The van der Waals surface area contributed by atoms with Gasteiger partial charge in [0.25, 0.3) is 0 Å². The summed E-state index contributed by atoms with van der Waals surface area (Å²) in [5, 5.41) is 28.2. The van der Waals surface area contributed by atoms with Crippen LogP contribution in [0.1, 0.15) is 37.8 Å². The van der Waals surface area contributed by atoms with Gasteiger partial charge >= 0.3 is 5.97 Å². The number of aromatic nitrogens is 1. The highest BCUT2D eigenvalue weighted by Gasteiger charge is 2.31. The third-order valence-corrected chi connectivity index (χ3v) is 7.67. The van der Waals surface area contributed by atoms with E-state index in [9.17, 15) is 29.4 Å². The van der Waals surface area contributed by atoms with Crippen molar-refractivity contribution >= 4 is 46.4 Å². The van der Waals surface area contributed by atoms with Gasteiger partial charge in [-0.3, -0.25) is 14.4 Å². The van der Waals surface area contributed by atoms with Gasteiger partial charge in [0.05, 0.1) is 6.04 Å². The number of thioether (sulfide) groups is 1. The molecule has 0 bridgehead atoms. The zero-order valence-corrected chi connectivity index (χ0v) is 25.4. The Morgan fingerprint density at radius 1 is 0.884 bits per heavy atom. The smallest absolute Gasteiger partial charge is 0.326 e. The van der Waals surface area contributed by atoms with Gasteiger partial charge in [0.2, 0.25) is 17.7 Å². The number of rotatable bonds is 16. The van der Waals surface area contributed by atoms with Gasteiger partial charge < -0.3 is 36.9 Å². The minimum absolute atomic E-state index is 0.000242. The van der Waals surface area contributed by atoms with Gasteiger partial charge in [0, 0.05) is 23.5 Å². The average molecular weight is 612 g/mol. The van der Waals surface area contributed by atoms with Crippen LogP contribution in [0.4, 0.5) is 0 Å². The van der Waals surface area contributed by atoms with Gasteiger partial charge in [-0.1, -0.05) is 44.2 Å². The molecule has 3 rings (SSSR count). The molecule has 1 aromatic heterocycles. The first kappa shape index (κ1) is 33.5. The second kappa shape index (κ2) is 16.0. The van der Waals surface area contributed by atoms with Crippen molar-refractivity contribution in [1.29, 1.82) is 0 Å². The number of para-hydroxylation sites is 1. The molecule has 4 atom stereocenters. The first-order chi connectivity index (χ1) is 20.5. The summed E-state index contributed by atoms with van der Waals surface area (Å²) < 4.78 is 0. The standard InChI is InChI=1S/C31H41N5O6S/c1-18(2)14-26(29(39)34-25(31(41)42)12-13-43-3)36-30(40)27(15-19-8-10-21(37)11-9-19)35-28(38)23(32)16-20-17-33-24-7-5-4-6-22(20)24/h4-11,17-18,23,25-27,33,37H,12-16,32H2,1-3H3,(H,34,39)(H,35,38)(H,36,40)(H,41,42). The van der Waals surface area contributed by atoms with Crippen LogP contribution in [0.2, 0.25) is 0 Å². The van der Waals surface area contributed by atoms with Crippen LogP contribution in [0, 0.1) is 5.92 Å². The van der Waals surface area contributed by atoms with Gasteiger partial charge in [0.15, 0.2) is 0 Å². The van der Waals surface area contributed by atoms with E-state index in [4.69, 9.17) is 5.73 Å². The maximum Gasteiger partial charge on any atom is 0.326 e. The van der Waals surface area contributed by atoms with Crippen LogP contribution < -0.4 is 21.7 Å².